The number of urea groups is 1. The van der Waals surface area contributed by atoms with Gasteiger partial charge in [-0.15, -0.1) is 0 Å². The number of piperidine rings is 1. The Labute approximate surface area is 143 Å². The van der Waals surface area contributed by atoms with Gasteiger partial charge in [0.15, 0.2) is 0 Å². The number of aliphatic hydroxyl groups is 1. The molecule has 0 radical (unpaired) electrons. The summed E-state index contributed by atoms with van der Waals surface area (Å²) in [5, 5.41) is 13.0. The van der Waals surface area contributed by atoms with Crippen LogP contribution in [0.1, 0.15) is 24.4 Å². The van der Waals surface area contributed by atoms with Gasteiger partial charge in [0.05, 0.1) is 6.04 Å². The standard InChI is InChI=1S/C17H26ClN3O2/c1-20(2)16(14-5-7-15(18)8-6-14)10-19-17(23)21-9-3-4-13(11-21)12-22/h5-8,13,16,22H,3-4,9-12H2,1-2H3,(H,19,23)/t13-,16-/m1/s1. The van der Waals surface area contributed by atoms with Crippen molar-refractivity contribution < 1.29 is 9.90 Å². The minimum atomic E-state index is -0.0519. The van der Waals surface area contributed by atoms with E-state index in [2.05, 4.69) is 10.2 Å². The molecule has 23 heavy (non-hydrogen) atoms. The van der Waals surface area contributed by atoms with Gasteiger partial charge in [0.2, 0.25) is 0 Å². The van der Waals surface area contributed by atoms with Gasteiger partial charge in [0.25, 0.3) is 0 Å². The Hall–Kier alpha value is -1.30. The molecule has 1 aliphatic rings. The minimum Gasteiger partial charge on any atom is -0.396 e. The van der Waals surface area contributed by atoms with Gasteiger partial charge in [-0.2, -0.15) is 0 Å². The van der Waals surface area contributed by atoms with Crippen molar-refractivity contribution in [3.8, 4) is 0 Å². The van der Waals surface area contributed by atoms with Crippen molar-refractivity contribution in [1.82, 2.24) is 15.1 Å². The Morgan fingerprint density at radius 3 is 2.74 bits per heavy atom. The first-order chi connectivity index (χ1) is 11.0. The first kappa shape index (κ1) is 18.0. The predicted octanol–water partition coefficient (Wildman–Crippen LogP) is 2.36. The fraction of sp³-hybridized carbons (Fsp3) is 0.588. The molecule has 6 heteroatoms. The molecule has 1 aliphatic heterocycles. The monoisotopic (exact) mass is 339 g/mol. The number of likely N-dealkylation sites (tertiary alicyclic amines) is 1. The fourth-order valence-corrected chi connectivity index (χ4v) is 3.10. The van der Waals surface area contributed by atoms with Crippen LogP contribution in [-0.2, 0) is 0 Å². The fourth-order valence-electron chi connectivity index (χ4n) is 2.98. The average Bonchev–Trinajstić information content (AvgIpc) is 2.56. The Balaban J connectivity index is 1.93. The van der Waals surface area contributed by atoms with E-state index in [1.165, 1.54) is 0 Å². The van der Waals surface area contributed by atoms with Gasteiger partial charge >= 0.3 is 6.03 Å². The smallest absolute Gasteiger partial charge is 0.317 e. The van der Waals surface area contributed by atoms with E-state index in [4.69, 9.17) is 11.6 Å². The second kappa shape index (κ2) is 8.52. The molecule has 1 aromatic rings. The van der Waals surface area contributed by atoms with Crippen molar-refractivity contribution in [3.63, 3.8) is 0 Å². The molecule has 2 N–H and O–H groups in total. The van der Waals surface area contributed by atoms with E-state index < -0.39 is 0 Å². The molecule has 0 unspecified atom stereocenters. The zero-order valence-corrected chi connectivity index (χ0v) is 14.6. The second-order valence-corrected chi connectivity index (χ2v) is 6.79. The Bertz CT molecular complexity index is 507. The highest BCUT2D eigenvalue weighted by Gasteiger charge is 2.24. The van der Waals surface area contributed by atoms with Gasteiger partial charge in [-0.25, -0.2) is 4.79 Å². The molecule has 1 saturated heterocycles. The molecule has 0 saturated carbocycles. The number of likely N-dealkylation sites (N-methyl/N-ethyl adjacent to an activating group) is 1. The highest BCUT2D eigenvalue weighted by Crippen LogP contribution is 2.20. The van der Waals surface area contributed by atoms with Crippen LogP contribution in [0.2, 0.25) is 5.02 Å². The summed E-state index contributed by atoms with van der Waals surface area (Å²) in [4.78, 5) is 16.2. The summed E-state index contributed by atoms with van der Waals surface area (Å²) in [5.41, 5.74) is 1.12. The zero-order valence-electron chi connectivity index (χ0n) is 13.8. The summed E-state index contributed by atoms with van der Waals surface area (Å²) in [5.74, 6) is 0.204. The summed E-state index contributed by atoms with van der Waals surface area (Å²) >= 11 is 5.94. The molecule has 0 aliphatic carbocycles. The van der Waals surface area contributed by atoms with Crippen LogP contribution < -0.4 is 5.32 Å². The molecule has 0 bridgehead atoms. The van der Waals surface area contributed by atoms with E-state index in [1.54, 1.807) is 4.90 Å². The quantitative estimate of drug-likeness (QED) is 0.866. The number of hydrogen-bond donors (Lipinski definition) is 2. The molecule has 2 rings (SSSR count). The summed E-state index contributed by atoms with van der Waals surface area (Å²) in [6.45, 7) is 2.08. The summed E-state index contributed by atoms with van der Waals surface area (Å²) in [7, 11) is 3.99. The molecule has 1 heterocycles. The number of nitrogens with one attached hydrogen (secondary N) is 1. The number of carbonyl (C=O) groups is 1. The van der Waals surface area contributed by atoms with Crippen LogP contribution in [0.4, 0.5) is 4.79 Å². The van der Waals surface area contributed by atoms with Gasteiger partial charge in [0.1, 0.15) is 0 Å². The van der Waals surface area contributed by atoms with Crippen molar-refractivity contribution in [3.05, 3.63) is 34.9 Å². The molecule has 0 spiro atoms. The Morgan fingerprint density at radius 2 is 2.13 bits per heavy atom. The number of aliphatic hydroxyl groups excluding tert-OH is 1. The van der Waals surface area contributed by atoms with Crippen LogP contribution in [0.5, 0.6) is 0 Å². The average molecular weight is 340 g/mol. The lowest BCUT2D eigenvalue weighted by molar-refractivity contribution is 0.128. The van der Waals surface area contributed by atoms with E-state index in [0.717, 1.165) is 24.9 Å². The molecule has 5 nitrogen and oxygen atoms in total. The maximum Gasteiger partial charge on any atom is 0.317 e. The highest BCUT2D eigenvalue weighted by molar-refractivity contribution is 6.30. The lowest BCUT2D eigenvalue weighted by Gasteiger charge is -2.33. The number of hydrogen-bond acceptors (Lipinski definition) is 3. The third-order valence-electron chi connectivity index (χ3n) is 4.39. The van der Waals surface area contributed by atoms with Gasteiger partial charge in [-0.1, -0.05) is 23.7 Å². The number of rotatable bonds is 5. The summed E-state index contributed by atoms with van der Waals surface area (Å²) in [6.07, 6.45) is 1.94. The van der Waals surface area contributed by atoms with Crippen LogP contribution in [0.25, 0.3) is 0 Å². The third kappa shape index (κ3) is 5.09. The van der Waals surface area contributed by atoms with Gasteiger partial charge in [-0.05, 0) is 50.6 Å². The Kier molecular flexibility index (Phi) is 6.69. The number of benzene rings is 1. The van der Waals surface area contributed by atoms with Crippen molar-refractivity contribution >= 4 is 17.6 Å². The maximum absolute atomic E-state index is 12.4. The van der Waals surface area contributed by atoms with Gasteiger partial charge < -0.3 is 20.2 Å². The second-order valence-electron chi connectivity index (χ2n) is 6.35. The first-order valence-electron chi connectivity index (χ1n) is 8.06. The number of amides is 2. The van der Waals surface area contributed by atoms with Crippen LogP contribution in [0.15, 0.2) is 24.3 Å². The maximum atomic E-state index is 12.4. The molecule has 128 valence electrons. The molecular formula is C17H26ClN3O2. The lowest BCUT2D eigenvalue weighted by Crippen LogP contribution is -2.47. The Morgan fingerprint density at radius 1 is 1.43 bits per heavy atom. The zero-order chi connectivity index (χ0) is 16.8. The number of halogens is 1. The molecule has 2 atom stereocenters. The minimum absolute atomic E-state index is 0.0519. The van der Waals surface area contributed by atoms with E-state index in [9.17, 15) is 9.90 Å². The third-order valence-corrected chi connectivity index (χ3v) is 4.64. The lowest BCUT2D eigenvalue weighted by atomic mass is 9.99. The molecule has 2 amide bonds. The van der Waals surface area contributed by atoms with Crippen molar-refractivity contribution in [1.29, 1.82) is 0 Å². The first-order valence-corrected chi connectivity index (χ1v) is 8.44. The van der Waals surface area contributed by atoms with E-state index >= 15 is 0 Å². The van der Waals surface area contributed by atoms with Crippen molar-refractivity contribution in [2.24, 2.45) is 5.92 Å². The van der Waals surface area contributed by atoms with Gasteiger partial charge in [-0.3, -0.25) is 0 Å². The van der Waals surface area contributed by atoms with Crippen LogP contribution in [0, 0.1) is 5.92 Å². The summed E-state index contributed by atoms with van der Waals surface area (Å²) < 4.78 is 0. The molecular weight excluding hydrogens is 314 g/mol. The topological polar surface area (TPSA) is 55.8 Å². The predicted molar refractivity (Wildman–Crippen MR) is 92.7 cm³/mol. The van der Waals surface area contributed by atoms with Crippen LogP contribution in [-0.4, -0.2) is 61.3 Å². The van der Waals surface area contributed by atoms with E-state index in [0.29, 0.717) is 18.1 Å². The van der Waals surface area contributed by atoms with Crippen LogP contribution in [0.3, 0.4) is 0 Å². The SMILES string of the molecule is CN(C)[C@H](CNC(=O)N1CCC[C@@H](CO)C1)c1ccc(Cl)cc1. The summed E-state index contributed by atoms with van der Waals surface area (Å²) in [6, 6.07) is 7.75. The van der Waals surface area contributed by atoms with E-state index in [-0.39, 0.29) is 24.6 Å². The largest absolute Gasteiger partial charge is 0.396 e. The normalized spacial score (nSPS) is 19.7. The van der Waals surface area contributed by atoms with Crippen molar-refractivity contribution in [2.45, 2.75) is 18.9 Å². The number of nitrogens with zero attached hydrogens (tertiary/aromatic N) is 2. The molecule has 1 fully saturated rings. The number of carbonyl (C=O) groups excluding carboxylic acids is 1. The molecule has 0 aromatic heterocycles. The molecule has 1 aromatic carbocycles. The van der Waals surface area contributed by atoms with Crippen LogP contribution >= 0.6 is 11.6 Å². The van der Waals surface area contributed by atoms with Gasteiger partial charge in [0, 0.05) is 31.3 Å². The van der Waals surface area contributed by atoms with E-state index in [1.807, 2.05) is 38.4 Å². The highest BCUT2D eigenvalue weighted by atomic mass is 35.5. The van der Waals surface area contributed by atoms with Crippen molar-refractivity contribution in [2.75, 3.05) is 40.3 Å².